The summed E-state index contributed by atoms with van der Waals surface area (Å²) in [5.41, 5.74) is 0.129. The first kappa shape index (κ1) is 11.8. The number of hydrogen-bond donors (Lipinski definition) is 1. The van der Waals surface area contributed by atoms with Crippen LogP contribution in [0.25, 0.3) is 0 Å². The van der Waals surface area contributed by atoms with Crippen LogP contribution in [-0.4, -0.2) is 12.2 Å². The van der Waals surface area contributed by atoms with Crippen molar-refractivity contribution in [3.05, 3.63) is 21.9 Å². The van der Waals surface area contributed by atoms with E-state index >= 15 is 0 Å². The average molecular weight is 274 g/mol. The van der Waals surface area contributed by atoms with Crippen LogP contribution in [0.3, 0.4) is 0 Å². The molecule has 0 saturated heterocycles. The Labute approximate surface area is 95.2 Å². The zero-order chi connectivity index (χ0) is 11.4. The number of phenolic OH excluding ortho intramolecular Hbond substituents is 1. The molecule has 0 spiro atoms. The second-order valence-electron chi connectivity index (χ2n) is 2.86. The van der Waals surface area contributed by atoms with E-state index < -0.39 is 5.82 Å². The van der Waals surface area contributed by atoms with Crippen molar-refractivity contribution in [1.29, 1.82) is 5.26 Å². The molecule has 0 saturated carbocycles. The van der Waals surface area contributed by atoms with Crippen molar-refractivity contribution in [2.45, 2.75) is 12.8 Å². The minimum absolute atomic E-state index is 0.129. The lowest BCUT2D eigenvalue weighted by molar-refractivity contribution is 0.396. The van der Waals surface area contributed by atoms with Crippen molar-refractivity contribution >= 4 is 15.9 Å². The molecule has 3 nitrogen and oxygen atoms in total. The fraction of sp³-hybridized carbons (Fsp3) is 0.300. The van der Waals surface area contributed by atoms with Gasteiger partial charge in [-0.05, 0) is 22.4 Å². The van der Waals surface area contributed by atoms with Gasteiger partial charge in [0.15, 0.2) is 0 Å². The molecular formula is C10H9BrFNO2. The average Bonchev–Trinajstić information content (AvgIpc) is 2.23. The molecule has 0 heterocycles. The predicted octanol–water partition coefficient (Wildman–Crippen LogP) is 2.76. The Morgan fingerprint density at radius 2 is 2.33 bits per heavy atom. The highest BCUT2D eigenvalue weighted by molar-refractivity contribution is 9.10. The summed E-state index contributed by atoms with van der Waals surface area (Å²) in [4.78, 5) is 0. The summed E-state index contributed by atoms with van der Waals surface area (Å²) in [5.74, 6) is -0.546. The summed E-state index contributed by atoms with van der Waals surface area (Å²) in [7, 11) is 1.38. The number of phenols is 1. The number of ether oxygens (including phenoxy) is 1. The molecule has 1 N–H and O–H groups in total. The van der Waals surface area contributed by atoms with Gasteiger partial charge in [0.1, 0.15) is 17.3 Å². The van der Waals surface area contributed by atoms with Gasteiger partial charge in [0.2, 0.25) is 0 Å². The van der Waals surface area contributed by atoms with Crippen molar-refractivity contribution in [2.75, 3.05) is 7.11 Å². The molecular weight excluding hydrogens is 265 g/mol. The van der Waals surface area contributed by atoms with E-state index in [2.05, 4.69) is 15.9 Å². The number of halogens is 2. The highest BCUT2D eigenvalue weighted by atomic mass is 79.9. The van der Waals surface area contributed by atoms with E-state index in [9.17, 15) is 9.50 Å². The van der Waals surface area contributed by atoms with E-state index in [0.29, 0.717) is 0 Å². The number of nitrogens with zero attached hydrogens (tertiary/aromatic N) is 1. The van der Waals surface area contributed by atoms with E-state index in [0.717, 1.165) is 0 Å². The van der Waals surface area contributed by atoms with Crippen LogP contribution >= 0.6 is 15.9 Å². The molecule has 0 aromatic heterocycles. The molecule has 1 aromatic carbocycles. The first-order chi connectivity index (χ1) is 7.11. The van der Waals surface area contributed by atoms with Crippen LogP contribution in [0.1, 0.15) is 12.0 Å². The largest absolute Gasteiger partial charge is 0.507 e. The van der Waals surface area contributed by atoms with Crippen LogP contribution < -0.4 is 4.74 Å². The Balaban J connectivity index is 3.18. The van der Waals surface area contributed by atoms with Gasteiger partial charge in [0.25, 0.3) is 0 Å². The number of rotatable bonds is 3. The lowest BCUT2D eigenvalue weighted by Gasteiger charge is -2.09. The van der Waals surface area contributed by atoms with Gasteiger partial charge in [-0.1, -0.05) is 0 Å². The lowest BCUT2D eigenvalue weighted by atomic mass is 10.1. The monoisotopic (exact) mass is 273 g/mol. The van der Waals surface area contributed by atoms with Crippen molar-refractivity contribution in [3.63, 3.8) is 0 Å². The third kappa shape index (κ3) is 2.39. The Morgan fingerprint density at radius 1 is 1.67 bits per heavy atom. The fourth-order valence-corrected chi connectivity index (χ4v) is 1.71. The summed E-state index contributed by atoms with van der Waals surface area (Å²) >= 11 is 3.02. The SMILES string of the molecule is COc1cc(O)c(CCC#N)c(F)c1Br. The second-order valence-corrected chi connectivity index (χ2v) is 3.66. The van der Waals surface area contributed by atoms with Gasteiger partial charge in [0, 0.05) is 18.1 Å². The Kier molecular flexibility index (Phi) is 3.92. The zero-order valence-corrected chi connectivity index (χ0v) is 9.64. The highest BCUT2D eigenvalue weighted by Crippen LogP contribution is 2.36. The minimum Gasteiger partial charge on any atom is -0.507 e. The second kappa shape index (κ2) is 4.99. The molecule has 5 heteroatoms. The molecule has 0 unspecified atom stereocenters. The van der Waals surface area contributed by atoms with Gasteiger partial charge < -0.3 is 9.84 Å². The number of nitriles is 1. The van der Waals surface area contributed by atoms with Gasteiger partial charge in [0.05, 0.1) is 17.7 Å². The molecule has 0 aliphatic carbocycles. The first-order valence-corrected chi connectivity index (χ1v) is 5.02. The van der Waals surface area contributed by atoms with Gasteiger partial charge in [-0.2, -0.15) is 5.26 Å². The normalized spacial score (nSPS) is 9.73. The van der Waals surface area contributed by atoms with Gasteiger partial charge in [-0.3, -0.25) is 0 Å². The molecule has 1 rings (SSSR count). The predicted molar refractivity (Wildman–Crippen MR) is 56.3 cm³/mol. The molecule has 0 radical (unpaired) electrons. The standard InChI is InChI=1S/C10H9BrFNO2/c1-15-8-5-7(14)6(3-2-4-13)10(12)9(8)11/h5,14H,2-3H2,1H3. The van der Waals surface area contributed by atoms with Crippen molar-refractivity contribution in [1.82, 2.24) is 0 Å². The van der Waals surface area contributed by atoms with E-state index in [-0.39, 0.29) is 34.4 Å². The van der Waals surface area contributed by atoms with Crippen LogP contribution in [0.15, 0.2) is 10.5 Å². The van der Waals surface area contributed by atoms with E-state index in [1.54, 1.807) is 0 Å². The number of hydrogen-bond acceptors (Lipinski definition) is 3. The molecule has 1 aromatic rings. The summed E-state index contributed by atoms with van der Waals surface area (Å²) in [6, 6.07) is 3.21. The Morgan fingerprint density at radius 3 is 2.87 bits per heavy atom. The maximum absolute atomic E-state index is 13.6. The summed E-state index contributed by atoms with van der Waals surface area (Å²) in [6.07, 6.45) is 0.333. The number of methoxy groups -OCH3 is 1. The van der Waals surface area contributed by atoms with Crippen molar-refractivity contribution < 1.29 is 14.2 Å². The maximum atomic E-state index is 13.6. The lowest BCUT2D eigenvalue weighted by Crippen LogP contribution is -1.95. The third-order valence-corrected chi connectivity index (χ3v) is 2.70. The van der Waals surface area contributed by atoms with Gasteiger partial charge in [-0.15, -0.1) is 0 Å². The van der Waals surface area contributed by atoms with Crippen LogP contribution in [-0.2, 0) is 6.42 Å². The van der Waals surface area contributed by atoms with Crippen LogP contribution in [0.4, 0.5) is 4.39 Å². The topological polar surface area (TPSA) is 53.2 Å². The minimum atomic E-state index is -0.581. The molecule has 0 atom stereocenters. The van der Waals surface area contributed by atoms with E-state index in [4.69, 9.17) is 10.00 Å². The van der Waals surface area contributed by atoms with E-state index in [1.807, 2.05) is 6.07 Å². The first-order valence-electron chi connectivity index (χ1n) is 4.22. The fourth-order valence-electron chi connectivity index (χ4n) is 1.19. The summed E-state index contributed by atoms with van der Waals surface area (Å²) < 4.78 is 18.7. The molecule has 0 aliphatic heterocycles. The number of aromatic hydroxyl groups is 1. The molecule has 0 fully saturated rings. The Hall–Kier alpha value is -1.28. The van der Waals surface area contributed by atoms with Crippen molar-refractivity contribution in [3.8, 4) is 17.6 Å². The Bertz CT molecular complexity index is 415. The third-order valence-electron chi connectivity index (χ3n) is 1.96. The van der Waals surface area contributed by atoms with Crippen LogP contribution in [0, 0.1) is 17.1 Å². The molecule has 0 bridgehead atoms. The highest BCUT2D eigenvalue weighted by Gasteiger charge is 2.16. The zero-order valence-electron chi connectivity index (χ0n) is 8.05. The quantitative estimate of drug-likeness (QED) is 0.922. The summed E-state index contributed by atoms with van der Waals surface area (Å²) in [5, 5.41) is 17.9. The van der Waals surface area contributed by atoms with E-state index in [1.165, 1.54) is 13.2 Å². The van der Waals surface area contributed by atoms with Crippen LogP contribution in [0.2, 0.25) is 0 Å². The van der Waals surface area contributed by atoms with Gasteiger partial charge >= 0.3 is 0 Å². The number of benzene rings is 1. The van der Waals surface area contributed by atoms with Gasteiger partial charge in [-0.25, -0.2) is 4.39 Å². The van der Waals surface area contributed by atoms with Crippen molar-refractivity contribution in [2.24, 2.45) is 0 Å². The summed E-state index contributed by atoms with van der Waals surface area (Å²) in [6.45, 7) is 0. The molecule has 15 heavy (non-hydrogen) atoms. The molecule has 80 valence electrons. The smallest absolute Gasteiger partial charge is 0.148 e. The molecule has 0 amide bonds. The van der Waals surface area contributed by atoms with Crippen LogP contribution in [0.5, 0.6) is 11.5 Å². The maximum Gasteiger partial charge on any atom is 0.148 e. The molecule has 0 aliphatic rings.